The van der Waals surface area contributed by atoms with Gasteiger partial charge in [-0.3, -0.25) is 4.99 Å². The lowest BCUT2D eigenvalue weighted by Gasteiger charge is -2.23. The number of nitrogens with two attached hydrogens (primary N) is 2. The fourth-order valence-electron chi connectivity index (χ4n) is 2.56. The largest absolute Gasteiger partial charge is 0.397 e. The smallest absolute Gasteiger partial charge is 0.0910 e. The van der Waals surface area contributed by atoms with Crippen molar-refractivity contribution >= 4 is 23.8 Å². The fourth-order valence-corrected chi connectivity index (χ4v) is 2.56. The fraction of sp³-hybridized carbons (Fsp3) is 0.500. The summed E-state index contributed by atoms with van der Waals surface area (Å²) in [5.41, 5.74) is 17.7. The standard InChI is InChI=1S/C14H23N3/c1-7(2)10-9(5)11(8(3)4)14(17-6)13(16)12(10)15/h7-8H,6,15-16H2,1-5H3. The Morgan fingerprint density at radius 2 is 1.41 bits per heavy atom. The first kappa shape index (κ1) is 13.6. The van der Waals surface area contributed by atoms with Crippen molar-refractivity contribution in [3.05, 3.63) is 16.7 Å². The predicted molar refractivity (Wildman–Crippen MR) is 77.4 cm³/mol. The van der Waals surface area contributed by atoms with Crippen LogP contribution in [0, 0.1) is 6.92 Å². The van der Waals surface area contributed by atoms with Crippen molar-refractivity contribution in [1.82, 2.24) is 0 Å². The zero-order valence-corrected chi connectivity index (χ0v) is 11.5. The van der Waals surface area contributed by atoms with E-state index in [0.29, 0.717) is 23.2 Å². The van der Waals surface area contributed by atoms with E-state index in [9.17, 15) is 0 Å². The third kappa shape index (κ3) is 2.14. The Morgan fingerprint density at radius 1 is 0.941 bits per heavy atom. The molecule has 3 heteroatoms. The van der Waals surface area contributed by atoms with Crippen molar-refractivity contribution in [3.8, 4) is 0 Å². The van der Waals surface area contributed by atoms with E-state index in [4.69, 9.17) is 11.5 Å². The van der Waals surface area contributed by atoms with E-state index in [0.717, 1.165) is 16.8 Å². The molecule has 1 rings (SSSR count). The van der Waals surface area contributed by atoms with Gasteiger partial charge in [0.05, 0.1) is 17.1 Å². The molecule has 0 bridgehead atoms. The molecule has 0 saturated carbocycles. The molecule has 0 unspecified atom stereocenters. The van der Waals surface area contributed by atoms with Crippen molar-refractivity contribution in [1.29, 1.82) is 0 Å². The van der Waals surface area contributed by atoms with Gasteiger partial charge < -0.3 is 11.5 Å². The Kier molecular flexibility index (Phi) is 3.81. The van der Waals surface area contributed by atoms with Crippen LogP contribution in [0.25, 0.3) is 0 Å². The van der Waals surface area contributed by atoms with Crippen LogP contribution in [-0.4, -0.2) is 6.72 Å². The summed E-state index contributed by atoms with van der Waals surface area (Å²) in [5, 5.41) is 0. The zero-order valence-electron chi connectivity index (χ0n) is 11.5. The number of nitrogen functional groups attached to an aromatic ring is 2. The van der Waals surface area contributed by atoms with Crippen LogP contribution in [0.1, 0.15) is 56.2 Å². The van der Waals surface area contributed by atoms with Gasteiger partial charge in [0.15, 0.2) is 0 Å². The summed E-state index contributed by atoms with van der Waals surface area (Å²) in [4.78, 5) is 4.06. The number of aliphatic imine (C=N–C) groups is 1. The molecule has 0 aromatic heterocycles. The molecule has 0 radical (unpaired) electrons. The quantitative estimate of drug-likeness (QED) is 0.617. The second kappa shape index (κ2) is 4.78. The minimum atomic E-state index is 0.355. The van der Waals surface area contributed by atoms with Crippen LogP contribution in [0.15, 0.2) is 4.99 Å². The van der Waals surface area contributed by atoms with E-state index >= 15 is 0 Å². The van der Waals surface area contributed by atoms with Gasteiger partial charge in [-0.25, -0.2) is 0 Å². The number of nitrogens with zero attached hydrogens (tertiary/aromatic N) is 1. The molecule has 0 fully saturated rings. The topological polar surface area (TPSA) is 64.4 Å². The van der Waals surface area contributed by atoms with Gasteiger partial charge in [-0.15, -0.1) is 0 Å². The molecule has 0 spiro atoms. The summed E-state index contributed by atoms with van der Waals surface area (Å²) in [6.45, 7) is 14.2. The number of anilines is 2. The van der Waals surface area contributed by atoms with E-state index < -0.39 is 0 Å². The Bertz CT molecular complexity index is 446. The number of benzene rings is 1. The average molecular weight is 233 g/mol. The van der Waals surface area contributed by atoms with E-state index in [2.05, 4.69) is 46.3 Å². The summed E-state index contributed by atoms with van der Waals surface area (Å²) >= 11 is 0. The lowest BCUT2D eigenvalue weighted by molar-refractivity contribution is 0.821. The third-order valence-electron chi connectivity index (χ3n) is 3.21. The van der Waals surface area contributed by atoms with Gasteiger partial charge in [-0.05, 0) is 42.2 Å². The van der Waals surface area contributed by atoms with E-state index in [1.165, 1.54) is 5.56 Å². The van der Waals surface area contributed by atoms with Crippen LogP contribution in [0.4, 0.5) is 17.1 Å². The van der Waals surface area contributed by atoms with E-state index in [1.807, 2.05) is 0 Å². The van der Waals surface area contributed by atoms with Crippen LogP contribution in [-0.2, 0) is 0 Å². The van der Waals surface area contributed by atoms with Crippen LogP contribution >= 0.6 is 0 Å². The summed E-state index contributed by atoms with van der Waals surface area (Å²) in [6, 6.07) is 0. The molecule has 0 heterocycles. The van der Waals surface area contributed by atoms with Crippen molar-refractivity contribution in [2.45, 2.75) is 46.5 Å². The summed E-state index contributed by atoms with van der Waals surface area (Å²) in [5.74, 6) is 0.713. The first-order valence-electron chi connectivity index (χ1n) is 6.00. The number of rotatable bonds is 3. The Labute approximate surface area is 104 Å². The SMILES string of the molecule is C=Nc1c(N)c(N)c(C(C)C)c(C)c1C(C)C. The minimum Gasteiger partial charge on any atom is -0.397 e. The lowest BCUT2D eigenvalue weighted by Crippen LogP contribution is -2.08. The first-order valence-corrected chi connectivity index (χ1v) is 6.00. The Hall–Kier alpha value is -1.51. The van der Waals surface area contributed by atoms with Crippen LogP contribution in [0.2, 0.25) is 0 Å². The maximum Gasteiger partial charge on any atom is 0.0910 e. The molecule has 0 aliphatic carbocycles. The van der Waals surface area contributed by atoms with E-state index in [-0.39, 0.29) is 0 Å². The van der Waals surface area contributed by atoms with Gasteiger partial charge in [-0.2, -0.15) is 0 Å². The molecular weight excluding hydrogens is 210 g/mol. The van der Waals surface area contributed by atoms with Gasteiger partial charge in [0.2, 0.25) is 0 Å². The Balaban J connectivity index is 3.75. The van der Waals surface area contributed by atoms with Gasteiger partial charge >= 0.3 is 0 Å². The summed E-state index contributed by atoms with van der Waals surface area (Å²) in [6.07, 6.45) is 0. The van der Waals surface area contributed by atoms with Gasteiger partial charge in [-0.1, -0.05) is 27.7 Å². The van der Waals surface area contributed by atoms with Crippen LogP contribution in [0.5, 0.6) is 0 Å². The van der Waals surface area contributed by atoms with Gasteiger partial charge in [0.25, 0.3) is 0 Å². The summed E-state index contributed by atoms with van der Waals surface area (Å²) < 4.78 is 0. The second-order valence-corrected chi connectivity index (χ2v) is 5.10. The molecule has 4 N–H and O–H groups in total. The van der Waals surface area contributed by atoms with Crippen LogP contribution < -0.4 is 11.5 Å². The van der Waals surface area contributed by atoms with Gasteiger partial charge in [0.1, 0.15) is 0 Å². The van der Waals surface area contributed by atoms with Crippen molar-refractivity contribution in [3.63, 3.8) is 0 Å². The summed E-state index contributed by atoms with van der Waals surface area (Å²) in [7, 11) is 0. The minimum absolute atomic E-state index is 0.355. The molecule has 0 atom stereocenters. The monoisotopic (exact) mass is 233 g/mol. The molecule has 0 saturated heterocycles. The first-order chi connectivity index (χ1) is 7.82. The average Bonchev–Trinajstić information content (AvgIpc) is 2.21. The number of hydrogen-bond donors (Lipinski definition) is 2. The van der Waals surface area contributed by atoms with E-state index in [1.54, 1.807) is 0 Å². The highest BCUT2D eigenvalue weighted by Gasteiger charge is 2.21. The predicted octanol–water partition coefficient (Wildman–Crippen LogP) is 3.74. The molecule has 0 aliphatic rings. The lowest BCUT2D eigenvalue weighted by atomic mass is 9.86. The molecule has 94 valence electrons. The normalized spacial score (nSPS) is 11.2. The molecule has 0 amide bonds. The molecule has 0 aliphatic heterocycles. The molecule has 17 heavy (non-hydrogen) atoms. The van der Waals surface area contributed by atoms with Crippen molar-refractivity contribution < 1.29 is 0 Å². The maximum absolute atomic E-state index is 6.12. The molecule has 1 aromatic rings. The maximum atomic E-state index is 6.12. The third-order valence-corrected chi connectivity index (χ3v) is 3.21. The highest BCUT2D eigenvalue weighted by molar-refractivity contribution is 5.85. The zero-order chi connectivity index (χ0) is 13.3. The Morgan fingerprint density at radius 3 is 1.76 bits per heavy atom. The highest BCUT2D eigenvalue weighted by Crippen LogP contribution is 2.43. The second-order valence-electron chi connectivity index (χ2n) is 5.10. The molecule has 3 nitrogen and oxygen atoms in total. The van der Waals surface area contributed by atoms with Gasteiger partial charge in [0, 0.05) is 0 Å². The molecule has 1 aromatic carbocycles. The van der Waals surface area contributed by atoms with Crippen molar-refractivity contribution in [2.75, 3.05) is 11.5 Å². The number of hydrogen-bond acceptors (Lipinski definition) is 3. The highest BCUT2D eigenvalue weighted by atomic mass is 14.8. The van der Waals surface area contributed by atoms with Crippen molar-refractivity contribution in [2.24, 2.45) is 4.99 Å². The molecular formula is C14H23N3. The van der Waals surface area contributed by atoms with Crippen LogP contribution in [0.3, 0.4) is 0 Å².